The lowest BCUT2D eigenvalue weighted by Crippen LogP contribution is -2.54. The van der Waals surface area contributed by atoms with Crippen LogP contribution in [0.4, 0.5) is 0 Å². The Kier molecular flexibility index (Phi) is 6.25. The summed E-state index contributed by atoms with van der Waals surface area (Å²) in [4.78, 5) is 13.1. The first-order valence-corrected chi connectivity index (χ1v) is 8.59. The van der Waals surface area contributed by atoms with Gasteiger partial charge in [0.1, 0.15) is 5.54 Å². The zero-order valence-electron chi connectivity index (χ0n) is 15.1. The quantitative estimate of drug-likeness (QED) is 0.879. The molecule has 1 aliphatic rings. The number of aryl methyl sites for hydroxylation is 3. The first kappa shape index (κ1) is 19.5. The third-order valence-electron chi connectivity index (χ3n) is 5.06. The van der Waals surface area contributed by atoms with Gasteiger partial charge in [0.25, 0.3) is 0 Å². The van der Waals surface area contributed by atoms with Crippen molar-refractivity contribution in [3.05, 3.63) is 52.8 Å². The van der Waals surface area contributed by atoms with E-state index in [-0.39, 0.29) is 18.3 Å². The first-order valence-electron chi connectivity index (χ1n) is 8.59. The topological polar surface area (TPSA) is 59.0 Å². The molecule has 0 aliphatic carbocycles. The third-order valence-corrected chi connectivity index (χ3v) is 5.06. The van der Waals surface area contributed by atoms with E-state index in [0.29, 0.717) is 6.54 Å². The van der Waals surface area contributed by atoms with Crippen molar-refractivity contribution in [3.63, 3.8) is 0 Å². The average Bonchev–Trinajstić information content (AvgIpc) is 3.09. The second kappa shape index (κ2) is 8.02. The number of benzene rings is 1. The normalized spacial score (nSPS) is 16.1. The van der Waals surface area contributed by atoms with Gasteiger partial charge >= 0.3 is 0 Å². The summed E-state index contributed by atoms with van der Waals surface area (Å²) in [6.07, 6.45) is 5.15. The van der Waals surface area contributed by atoms with Crippen molar-refractivity contribution in [2.75, 3.05) is 13.1 Å². The van der Waals surface area contributed by atoms with Crippen molar-refractivity contribution < 1.29 is 4.79 Å². The lowest BCUT2D eigenvalue weighted by atomic mass is 9.87. The molecule has 0 saturated carbocycles. The lowest BCUT2D eigenvalue weighted by molar-refractivity contribution is -0.132. The van der Waals surface area contributed by atoms with Gasteiger partial charge in [-0.25, -0.2) is 0 Å². The molecule has 136 valence electrons. The van der Waals surface area contributed by atoms with Gasteiger partial charge in [0.05, 0.1) is 0 Å². The minimum atomic E-state index is -0.582. The summed E-state index contributed by atoms with van der Waals surface area (Å²) in [5.74, 6) is 0.0621. The van der Waals surface area contributed by atoms with Crippen molar-refractivity contribution in [2.45, 2.75) is 45.7 Å². The predicted octanol–water partition coefficient (Wildman–Crippen LogP) is 2.63. The number of carbonyl (C=O) groups excluding carboxylic acids is 1. The van der Waals surface area contributed by atoms with Gasteiger partial charge in [-0.15, -0.1) is 12.4 Å². The second-order valence-electron chi connectivity index (χ2n) is 6.79. The molecule has 1 aromatic heterocycles. The number of nitrogens with one attached hydrogen (secondary N) is 2. The molecular formula is C19H27ClN4O. The first-order chi connectivity index (χ1) is 11.5. The van der Waals surface area contributed by atoms with Crippen molar-refractivity contribution in [2.24, 2.45) is 0 Å². The Balaban J connectivity index is 0.00000225. The zero-order chi connectivity index (χ0) is 17.2. The molecule has 1 aromatic carbocycles. The van der Waals surface area contributed by atoms with Crippen LogP contribution in [0.5, 0.6) is 0 Å². The molecule has 0 radical (unpaired) electrons. The minimum Gasteiger partial charge on any atom is -0.350 e. The van der Waals surface area contributed by atoms with E-state index in [4.69, 9.17) is 0 Å². The van der Waals surface area contributed by atoms with E-state index >= 15 is 0 Å². The summed E-state index contributed by atoms with van der Waals surface area (Å²) < 4.78 is 1.83. The Hall–Kier alpha value is -1.85. The van der Waals surface area contributed by atoms with Crippen LogP contribution in [0.3, 0.4) is 0 Å². The van der Waals surface area contributed by atoms with Crippen LogP contribution in [-0.4, -0.2) is 28.8 Å². The summed E-state index contributed by atoms with van der Waals surface area (Å²) in [5, 5.41) is 10.9. The van der Waals surface area contributed by atoms with Crippen LogP contribution >= 0.6 is 12.4 Å². The third kappa shape index (κ3) is 3.88. The number of rotatable bonds is 4. The Morgan fingerprint density at radius 1 is 1.24 bits per heavy atom. The molecule has 1 fully saturated rings. The number of nitrogens with zero attached hydrogens (tertiary/aromatic N) is 2. The van der Waals surface area contributed by atoms with E-state index in [9.17, 15) is 4.79 Å². The number of hydrogen-bond acceptors (Lipinski definition) is 3. The summed E-state index contributed by atoms with van der Waals surface area (Å²) in [5.41, 5.74) is 4.34. The molecule has 5 nitrogen and oxygen atoms in total. The van der Waals surface area contributed by atoms with Crippen molar-refractivity contribution >= 4 is 18.3 Å². The highest BCUT2D eigenvalue weighted by Gasteiger charge is 2.41. The Morgan fingerprint density at radius 3 is 2.44 bits per heavy atom. The second-order valence-corrected chi connectivity index (χ2v) is 6.79. The van der Waals surface area contributed by atoms with Gasteiger partial charge < -0.3 is 10.6 Å². The van der Waals surface area contributed by atoms with Crippen LogP contribution in [0.1, 0.15) is 35.1 Å². The standard InChI is InChI=1S/C19H26N4O.ClH/c1-14-11-15(2)17(16(3)12-14)13-21-18(24)19(5-8-20-9-6-19)23-10-4-7-22-23;/h4,7,10-12,20H,5-6,8-9,13H2,1-3H3,(H,21,24);1H. The molecule has 2 aromatic rings. The van der Waals surface area contributed by atoms with E-state index in [1.807, 2.05) is 16.9 Å². The van der Waals surface area contributed by atoms with E-state index < -0.39 is 5.54 Å². The fourth-order valence-corrected chi connectivity index (χ4v) is 3.74. The molecular weight excluding hydrogens is 336 g/mol. The fraction of sp³-hybridized carbons (Fsp3) is 0.474. The predicted molar refractivity (Wildman–Crippen MR) is 102 cm³/mol. The van der Waals surface area contributed by atoms with E-state index in [2.05, 4.69) is 48.6 Å². The molecule has 1 saturated heterocycles. The maximum Gasteiger partial charge on any atom is 0.248 e. The van der Waals surface area contributed by atoms with Gasteiger partial charge in [0.2, 0.25) is 5.91 Å². The maximum atomic E-state index is 13.1. The summed E-state index contributed by atoms with van der Waals surface area (Å²) >= 11 is 0. The lowest BCUT2D eigenvalue weighted by Gasteiger charge is -2.36. The molecule has 2 heterocycles. The summed E-state index contributed by atoms with van der Waals surface area (Å²) in [6, 6.07) is 6.22. The van der Waals surface area contributed by atoms with Gasteiger partial charge in [-0.3, -0.25) is 9.48 Å². The molecule has 1 amide bonds. The monoisotopic (exact) mass is 362 g/mol. The molecule has 1 aliphatic heterocycles. The van der Waals surface area contributed by atoms with Crippen molar-refractivity contribution in [1.29, 1.82) is 0 Å². The largest absolute Gasteiger partial charge is 0.350 e. The van der Waals surface area contributed by atoms with Crippen LogP contribution in [0.15, 0.2) is 30.6 Å². The van der Waals surface area contributed by atoms with E-state index in [1.165, 1.54) is 22.3 Å². The zero-order valence-corrected chi connectivity index (χ0v) is 15.9. The van der Waals surface area contributed by atoms with Crippen LogP contribution in [0.2, 0.25) is 0 Å². The molecule has 0 atom stereocenters. The molecule has 3 rings (SSSR count). The molecule has 0 unspecified atom stereocenters. The Morgan fingerprint density at radius 2 is 1.88 bits per heavy atom. The fourth-order valence-electron chi connectivity index (χ4n) is 3.74. The Bertz CT molecular complexity index is 698. The number of piperidine rings is 1. The Labute approximate surface area is 155 Å². The van der Waals surface area contributed by atoms with Gasteiger partial charge in [0, 0.05) is 18.9 Å². The van der Waals surface area contributed by atoms with E-state index in [1.54, 1.807) is 6.20 Å². The molecule has 0 bridgehead atoms. The number of carbonyl (C=O) groups is 1. The van der Waals surface area contributed by atoms with Crippen molar-refractivity contribution in [3.8, 4) is 0 Å². The summed E-state index contributed by atoms with van der Waals surface area (Å²) in [7, 11) is 0. The maximum absolute atomic E-state index is 13.1. The van der Waals surface area contributed by atoms with Gasteiger partial charge in [-0.05, 0) is 69.5 Å². The number of aromatic nitrogens is 2. The van der Waals surface area contributed by atoms with Crippen LogP contribution < -0.4 is 10.6 Å². The number of halogens is 1. The SMILES string of the molecule is Cc1cc(C)c(CNC(=O)C2(n3cccn3)CCNCC2)c(C)c1.Cl. The average molecular weight is 363 g/mol. The van der Waals surface area contributed by atoms with Crippen LogP contribution in [0, 0.1) is 20.8 Å². The highest BCUT2D eigenvalue weighted by molar-refractivity contribution is 5.85. The number of hydrogen-bond donors (Lipinski definition) is 2. The smallest absolute Gasteiger partial charge is 0.248 e. The van der Waals surface area contributed by atoms with Crippen LogP contribution in [0.25, 0.3) is 0 Å². The molecule has 2 N–H and O–H groups in total. The van der Waals surface area contributed by atoms with Gasteiger partial charge in [-0.1, -0.05) is 17.7 Å². The molecule has 25 heavy (non-hydrogen) atoms. The van der Waals surface area contributed by atoms with Gasteiger partial charge in [-0.2, -0.15) is 5.10 Å². The van der Waals surface area contributed by atoms with Gasteiger partial charge in [0.15, 0.2) is 0 Å². The highest BCUT2D eigenvalue weighted by atomic mass is 35.5. The highest BCUT2D eigenvalue weighted by Crippen LogP contribution is 2.27. The summed E-state index contributed by atoms with van der Waals surface area (Å²) in [6.45, 7) is 8.54. The minimum absolute atomic E-state index is 0. The number of amides is 1. The van der Waals surface area contributed by atoms with Crippen LogP contribution in [-0.2, 0) is 16.9 Å². The van der Waals surface area contributed by atoms with Crippen molar-refractivity contribution in [1.82, 2.24) is 20.4 Å². The van der Waals surface area contributed by atoms with E-state index in [0.717, 1.165) is 25.9 Å². The molecule has 0 spiro atoms. The molecule has 6 heteroatoms.